The van der Waals surface area contributed by atoms with Gasteiger partial charge in [-0.25, -0.2) is 22.5 Å². The number of hydrogen-bond donors (Lipinski definition) is 1. The Morgan fingerprint density at radius 3 is 2.57 bits per heavy atom. The molecule has 0 saturated heterocycles. The second-order valence-corrected chi connectivity index (χ2v) is 10.1. The molecule has 1 N–H and O–H groups in total. The van der Waals surface area contributed by atoms with E-state index in [1.165, 1.54) is 18.0 Å². The molecular weight excluding hydrogens is 544 g/mol. The van der Waals surface area contributed by atoms with E-state index in [0.29, 0.717) is 15.8 Å². The fourth-order valence-electron chi connectivity index (χ4n) is 4.83. The van der Waals surface area contributed by atoms with Crippen molar-refractivity contribution < 1.29 is 31.1 Å². The number of aromatic nitrogens is 4. The average molecular weight is 562 g/mol. The Bertz CT molecular complexity index is 1370. The van der Waals surface area contributed by atoms with Gasteiger partial charge in [-0.05, 0) is 42.7 Å². The smallest absolute Gasteiger partial charge is 0.293 e. The number of carbonyl (C=O) groups excluding carboxylic acids is 1. The largest absolute Gasteiger partial charge is 0.346 e. The van der Waals surface area contributed by atoms with Gasteiger partial charge in [-0.1, -0.05) is 11.6 Å². The Labute approximate surface area is 215 Å². The molecule has 0 radical (unpaired) electrons. The van der Waals surface area contributed by atoms with Crippen LogP contribution in [-0.2, 0) is 23.7 Å². The zero-order valence-electron chi connectivity index (χ0n) is 19.0. The van der Waals surface area contributed by atoms with Gasteiger partial charge < -0.3 is 5.32 Å². The second kappa shape index (κ2) is 9.50. The molecule has 0 bridgehead atoms. The number of benzene rings is 1. The highest BCUT2D eigenvalue weighted by Crippen LogP contribution is 2.68. The van der Waals surface area contributed by atoms with Crippen molar-refractivity contribution in [2.24, 2.45) is 5.92 Å². The molecule has 14 heteroatoms. The number of amides is 1. The van der Waals surface area contributed by atoms with E-state index in [1.54, 1.807) is 6.26 Å². The van der Waals surface area contributed by atoms with E-state index in [4.69, 9.17) is 11.6 Å². The number of nitrogens with one attached hydrogen (secondary N) is 1. The Hall–Kier alpha value is -2.80. The van der Waals surface area contributed by atoms with Crippen LogP contribution in [0, 0.1) is 17.6 Å². The van der Waals surface area contributed by atoms with Crippen LogP contribution in [0.15, 0.2) is 29.4 Å². The summed E-state index contributed by atoms with van der Waals surface area (Å²) in [7, 11) is 0. The maximum Gasteiger partial charge on any atom is 0.293 e. The highest BCUT2D eigenvalue weighted by Gasteiger charge is 2.67. The van der Waals surface area contributed by atoms with Crippen LogP contribution in [0.25, 0.3) is 0 Å². The lowest BCUT2D eigenvalue weighted by Gasteiger charge is -2.21. The second-order valence-electron chi connectivity index (χ2n) is 8.87. The van der Waals surface area contributed by atoms with Crippen LogP contribution in [0.3, 0.4) is 0 Å². The number of fused-ring (bicyclic) bond motifs is 3. The molecule has 1 fully saturated rings. The maximum atomic E-state index is 14.8. The van der Waals surface area contributed by atoms with Crippen LogP contribution < -0.4 is 5.32 Å². The van der Waals surface area contributed by atoms with E-state index in [2.05, 4.69) is 20.4 Å². The zero-order chi connectivity index (χ0) is 26.6. The third-order valence-corrected chi connectivity index (χ3v) is 7.32. The molecule has 6 nitrogen and oxygen atoms in total. The molecule has 3 atom stereocenters. The monoisotopic (exact) mass is 561 g/mol. The van der Waals surface area contributed by atoms with E-state index in [-0.39, 0.29) is 34.8 Å². The van der Waals surface area contributed by atoms with Crippen LogP contribution >= 0.6 is 23.4 Å². The van der Waals surface area contributed by atoms with Crippen molar-refractivity contribution in [1.29, 1.82) is 0 Å². The molecule has 0 spiro atoms. The van der Waals surface area contributed by atoms with Crippen LogP contribution in [0.1, 0.15) is 53.0 Å². The molecule has 1 saturated carbocycles. The summed E-state index contributed by atoms with van der Waals surface area (Å²) >= 11 is 7.52. The van der Waals surface area contributed by atoms with Crippen molar-refractivity contribution in [3.8, 4) is 0 Å². The van der Waals surface area contributed by atoms with Crippen LogP contribution in [0.4, 0.5) is 26.3 Å². The molecule has 2 aliphatic carbocycles. The molecule has 37 heavy (non-hydrogen) atoms. The van der Waals surface area contributed by atoms with Crippen molar-refractivity contribution >= 4 is 29.3 Å². The van der Waals surface area contributed by atoms with Gasteiger partial charge in [0.15, 0.2) is 5.15 Å². The van der Waals surface area contributed by atoms with Crippen LogP contribution in [-0.4, -0.2) is 31.9 Å². The number of halogens is 7. The van der Waals surface area contributed by atoms with E-state index in [9.17, 15) is 31.1 Å². The van der Waals surface area contributed by atoms with Gasteiger partial charge >= 0.3 is 0 Å². The minimum atomic E-state index is -3.39. The predicted octanol–water partition coefficient (Wildman–Crippen LogP) is 5.57. The van der Waals surface area contributed by atoms with Gasteiger partial charge in [-0.15, -0.1) is 11.8 Å². The normalized spacial score (nSPS) is 20.0. The molecule has 1 amide bonds. The highest BCUT2D eigenvalue weighted by molar-refractivity contribution is 7.98. The highest BCUT2D eigenvalue weighted by atomic mass is 35.5. The lowest BCUT2D eigenvalue weighted by molar-refractivity contribution is -0.123. The quantitative estimate of drug-likeness (QED) is 0.287. The van der Waals surface area contributed by atoms with Gasteiger partial charge in [0.2, 0.25) is 5.91 Å². The topological polar surface area (TPSA) is 72.7 Å². The number of thioether (sulfide) groups is 1. The summed E-state index contributed by atoms with van der Waals surface area (Å²) in [5.74, 6) is -7.72. The number of hydrogen-bond acceptors (Lipinski definition) is 5. The van der Waals surface area contributed by atoms with Gasteiger partial charge in [0, 0.05) is 17.5 Å². The average Bonchev–Trinajstić information content (AvgIpc) is 3.47. The van der Waals surface area contributed by atoms with Gasteiger partial charge in [0.1, 0.15) is 40.3 Å². The van der Waals surface area contributed by atoms with Crippen molar-refractivity contribution in [3.05, 3.63) is 69.4 Å². The van der Waals surface area contributed by atoms with E-state index in [0.717, 1.165) is 12.1 Å². The van der Waals surface area contributed by atoms with Crippen molar-refractivity contribution in [3.63, 3.8) is 0 Å². The molecule has 1 unspecified atom stereocenters. The third kappa shape index (κ3) is 4.78. The Morgan fingerprint density at radius 2 is 1.95 bits per heavy atom. The number of rotatable bonds is 8. The molecule has 2 heterocycles. The van der Waals surface area contributed by atoms with E-state index < -0.39 is 65.7 Å². The zero-order valence-corrected chi connectivity index (χ0v) is 20.6. The number of carbonyl (C=O) groups is 1. The van der Waals surface area contributed by atoms with Gasteiger partial charge in [0.25, 0.3) is 12.3 Å². The first kappa shape index (κ1) is 25.8. The minimum absolute atomic E-state index is 0.0722. The summed E-state index contributed by atoms with van der Waals surface area (Å²) in [6.45, 7) is -0.786. The maximum absolute atomic E-state index is 14.8. The first-order valence-corrected chi connectivity index (χ1v) is 12.7. The van der Waals surface area contributed by atoms with Gasteiger partial charge in [-0.2, -0.15) is 13.9 Å². The number of alkyl halides is 4. The summed E-state index contributed by atoms with van der Waals surface area (Å²) < 4.78 is 84.9. The standard InChI is InChI=1S/C23H18ClF6N5OS/c1-37-16-7-31-18(21(24)33-16)14(4-9-2-10(25)5-11(26)3-9)32-15(36)8-35-20-17(19(34-35)22(27)28)12-6-13(12)23(20,29)30/h2-3,5,7,12-14,22H,4,6,8H2,1H3,(H,32,36)/t12?,13-,14+/m1/s1. The molecule has 2 aliphatic rings. The summed E-state index contributed by atoms with van der Waals surface area (Å²) in [6.07, 6.45) is -0.0301. The molecule has 0 aliphatic heterocycles. The minimum Gasteiger partial charge on any atom is -0.346 e. The summed E-state index contributed by atoms with van der Waals surface area (Å²) in [5.41, 5.74) is -1.39. The SMILES string of the molecule is CSc1cnc([C@H](Cc2cc(F)cc(F)c2)NC(=O)Cn2nc(C(F)F)c3c2C(F)(F)[C@@H]2CC32)c(Cl)n1. The Kier molecular flexibility index (Phi) is 6.63. The van der Waals surface area contributed by atoms with E-state index >= 15 is 0 Å². The lowest BCUT2D eigenvalue weighted by atomic mass is 10.0. The molecule has 1 aromatic carbocycles. The first-order valence-electron chi connectivity index (χ1n) is 11.1. The van der Waals surface area contributed by atoms with E-state index in [1.807, 2.05) is 0 Å². The fraction of sp³-hybridized carbons (Fsp3) is 0.391. The lowest BCUT2D eigenvalue weighted by Crippen LogP contribution is -2.35. The van der Waals surface area contributed by atoms with Gasteiger partial charge in [0.05, 0.1) is 12.2 Å². The predicted molar refractivity (Wildman–Crippen MR) is 122 cm³/mol. The molecule has 2 aromatic heterocycles. The van der Waals surface area contributed by atoms with Crippen molar-refractivity contribution in [2.75, 3.05) is 6.26 Å². The van der Waals surface area contributed by atoms with Crippen LogP contribution in [0.2, 0.25) is 5.15 Å². The molecular formula is C23H18ClF6N5OS. The first-order chi connectivity index (χ1) is 17.5. The third-order valence-electron chi connectivity index (χ3n) is 6.43. The fourth-order valence-corrected chi connectivity index (χ4v) is 5.49. The molecule has 196 valence electrons. The summed E-state index contributed by atoms with van der Waals surface area (Å²) in [6, 6.07) is 1.72. The summed E-state index contributed by atoms with van der Waals surface area (Å²) in [4.78, 5) is 21.4. The Balaban J connectivity index is 1.45. The van der Waals surface area contributed by atoms with Gasteiger partial charge in [-0.3, -0.25) is 14.5 Å². The molecule has 3 aromatic rings. The van der Waals surface area contributed by atoms with Crippen molar-refractivity contribution in [2.45, 2.75) is 48.7 Å². The number of nitrogens with zero attached hydrogens (tertiary/aromatic N) is 4. The summed E-state index contributed by atoms with van der Waals surface area (Å²) in [5, 5.41) is 6.59. The van der Waals surface area contributed by atoms with Crippen molar-refractivity contribution in [1.82, 2.24) is 25.1 Å². The van der Waals surface area contributed by atoms with Crippen LogP contribution in [0.5, 0.6) is 0 Å². The molecule has 5 rings (SSSR count). The Morgan fingerprint density at radius 1 is 1.24 bits per heavy atom.